The fourth-order valence-electron chi connectivity index (χ4n) is 3.77. The third-order valence-corrected chi connectivity index (χ3v) is 5.62. The lowest BCUT2D eigenvalue weighted by molar-refractivity contribution is -0.187. The zero-order valence-corrected chi connectivity index (χ0v) is 18.9. The van der Waals surface area contributed by atoms with Crippen molar-refractivity contribution in [2.45, 2.75) is 25.9 Å². The molecule has 0 heterocycles. The molecule has 0 aromatic heterocycles. The van der Waals surface area contributed by atoms with Gasteiger partial charge in [0.15, 0.2) is 23.2 Å². The zero-order chi connectivity index (χ0) is 26.0. The summed E-state index contributed by atoms with van der Waals surface area (Å²) in [7, 11) is 0. The van der Waals surface area contributed by atoms with Crippen LogP contribution in [0, 0.1) is 29.1 Å². The van der Waals surface area contributed by atoms with Crippen molar-refractivity contribution in [3.05, 3.63) is 113 Å². The highest BCUT2D eigenvalue weighted by atomic mass is 19.3. The maximum absolute atomic E-state index is 14.8. The molecular weight excluding hydrogens is 485 g/mol. The molecule has 0 saturated carbocycles. The Morgan fingerprint density at radius 2 is 1.25 bits per heavy atom. The lowest BCUT2D eigenvalue weighted by Gasteiger charge is -2.19. The van der Waals surface area contributed by atoms with Crippen LogP contribution < -0.4 is 4.74 Å². The standard InChI is InChI=1S/C28H19F7O/c1-2-3-16-4-8-19(9-5-16)28(34,35)36-25-13-11-21(26(32)27(25)33)18-6-10-20(23(30)14-18)17-7-12-22(29)24(31)15-17/h4-15H,2-3H2,1H3. The molecule has 0 aliphatic heterocycles. The second-order valence-electron chi connectivity index (χ2n) is 8.13. The summed E-state index contributed by atoms with van der Waals surface area (Å²) in [6.07, 6.45) is -2.39. The Morgan fingerprint density at radius 3 is 1.89 bits per heavy atom. The number of hydrogen-bond acceptors (Lipinski definition) is 1. The summed E-state index contributed by atoms with van der Waals surface area (Å²) in [6, 6.07) is 13.3. The van der Waals surface area contributed by atoms with Gasteiger partial charge >= 0.3 is 6.11 Å². The van der Waals surface area contributed by atoms with E-state index in [9.17, 15) is 30.7 Å². The summed E-state index contributed by atoms with van der Waals surface area (Å²) in [5.41, 5.74) is -0.230. The predicted molar refractivity (Wildman–Crippen MR) is 122 cm³/mol. The average Bonchev–Trinajstić information content (AvgIpc) is 2.84. The minimum absolute atomic E-state index is 0.0401. The molecule has 0 atom stereocenters. The van der Waals surface area contributed by atoms with Crippen LogP contribution in [0.25, 0.3) is 22.3 Å². The summed E-state index contributed by atoms with van der Waals surface area (Å²) in [5.74, 6) is -7.38. The largest absolute Gasteiger partial charge is 0.426 e. The van der Waals surface area contributed by atoms with Crippen LogP contribution in [-0.2, 0) is 12.5 Å². The highest BCUT2D eigenvalue weighted by Crippen LogP contribution is 2.37. The molecule has 0 fully saturated rings. The summed E-state index contributed by atoms with van der Waals surface area (Å²) in [4.78, 5) is 0. The number of benzene rings is 4. The van der Waals surface area contributed by atoms with Gasteiger partial charge in [0.2, 0.25) is 5.82 Å². The van der Waals surface area contributed by atoms with E-state index in [2.05, 4.69) is 4.74 Å². The van der Waals surface area contributed by atoms with E-state index in [1.165, 1.54) is 30.3 Å². The molecular formula is C28H19F7O. The van der Waals surface area contributed by atoms with Gasteiger partial charge in [-0.25, -0.2) is 17.6 Å². The van der Waals surface area contributed by atoms with Crippen LogP contribution in [-0.4, -0.2) is 0 Å². The molecule has 186 valence electrons. The molecule has 0 saturated heterocycles. The summed E-state index contributed by atoms with van der Waals surface area (Å²) >= 11 is 0. The number of halogens is 7. The second-order valence-corrected chi connectivity index (χ2v) is 8.13. The molecule has 1 nitrogen and oxygen atoms in total. The van der Waals surface area contributed by atoms with E-state index in [1.807, 2.05) is 6.92 Å². The van der Waals surface area contributed by atoms with Crippen LogP contribution in [0.5, 0.6) is 5.75 Å². The SMILES string of the molecule is CCCc1ccc(C(F)(F)Oc2ccc(-c3ccc(-c4ccc(F)c(F)c4)c(F)c3)c(F)c2F)cc1. The molecule has 0 aliphatic rings. The van der Waals surface area contributed by atoms with Crippen LogP contribution in [0.15, 0.2) is 72.8 Å². The monoisotopic (exact) mass is 504 g/mol. The van der Waals surface area contributed by atoms with Crippen LogP contribution in [0.2, 0.25) is 0 Å². The van der Waals surface area contributed by atoms with Gasteiger partial charge in [0, 0.05) is 11.1 Å². The third kappa shape index (κ3) is 5.08. The Bertz CT molecular complexity index is 1400. The number of rotatable bonds is 7. The topological polar surface area (TPSA) is 9.23 Å². The first-order valence-corrected chi connectivity index (χ1v) is 11.0. The van der Waals surface area contributed by atoms with Gasteiger partial charge in [-0.2, -0.15) is 13.2 Å². The summed E-state index contributed by atoms with van der Waals surface area (Å²) in [6.45, 7) is 1.95. The van der Waals surface area contributed by atoms with E-state index >= 15 is 0 Å². The van der Waals surface area contributed by atoms with Gasteiger partial charge in [0.05, 0.1) is 5.56 Å². The minimum Gasteiger partial charge on any atom is -0.426 e. The molecule has 4 aromatic carbocycles. The van der Waals surface area contributed by atoms with Gasteiger partial charge in [0.25, 0.3) is 0 Å². The van der Waals surface area contributed by atoms with E-state index in [4.69, 9.17) is 0 Å². The predicted octanol–water partition coefficient (Wildman–Crippen LogP) is 8.80. The highest BCUT2D eigenvalue weighted by molar-refractivity contribution is 5.72. The average molecular weight is 504 g/mol. The van der Waals surface area contributed by atoms with Crippen molar-refractivity contribution >= 4 is 0 Å². The van der Waals surface area contributed by atoms with Gasteiger partial charge < -0.3 is 4.74 Å². The van der Waals surface area contributed by atoms with Crippen LogP contribution in [0.3, 0.4) is 0 Å². The fourth-order valence-corrected chi connectivity index (χ4v) is 3.77. The second kappa shape index (κ2) is 10.0. The molecule has 0 aliphatic carbocycles. The van der Waals surface area contributed by atoms with Crippen molar-refractivity contribution in [1.29, 1.82) is 0 Å². The Hall–Kier alpha value is -3.81. The van der Waals surface area contributed by atoms with E-state index in [1.54, 1.807) is 0 Å². The molecule has 0 unspecified atom stereocenters. The molecule has 0 bridgehead atoms. The number of hydrogen-bond donors (Lipinski definition) is 0. The maximum Gasteiger partial charge on any atom is 0.426 e. The lowest BCUT2D eigenvalue weighted by atomic mass is 9.99. The van der Waals surface area contributed by atoms with Crippen molar-refractivity contribution in [3.8, 4) is 28.0 Å². The molecule has 4 rings (SSSR count). The van der Waals surface area contributed by atoms with Crippen molar-refractivity contribution in [1.82, 2.24) is 0 Å². The number of alkyl halides is 2. The van der Waals surface area contributed by atoms with Gasteiger partial charge in [0.1, 0.15) is 5.82 Å². The Kier molecular flexibility index (Phi) is 7.06. The van der Waals surface area contributed by atoms with Crippen molar-refractivity contribution in [2.24, 2.45) is 0 Å². The molecule has 4 aromatic rings. The summed E-state index contributed by atoms with van der Waals surface area (Å²) in [5, 5.41) is 0. The van der Waals surface area contributed by atoms with E-state index in [-0.39, 0.29) is 16.7 Å². The van der Waals surface area contributed by atoms with Crippen LogP contribution in [0.4, 0.5) is 30.7 Å². The Morgan fingerprint density at radius 1 is 0.639 bits per heavy atom. The smallest absolute Gasteiger partial charge is 0.426 e. The quantitative estimate of drug-likeness (QED) is 0.229. The zero-order valence-electron chi connectivity index (χ0n) is 18.9. The molecule has 0 amide bonds. The first-order valence-electron chi connectivity index (χ1n) is 11.0. The lowest BCUT2D eigenvalue weighted by Crippen LogP contribution is -2.22. The molecule has 36 heavy (non-hydrogen) atoms. The van der Waals surface area contributed by atoms with Crippen molar-refractivity contribution in [3.63, 3.8) is 0 Å². The number of ether oxygens (including phenoxy) is 1. The Labute approximate surface area is 202 Å². The molecule has 8 heteroatoms. The fraction of sp³-hybridized carbons (Fsp3) is 0.143. The van der Waals surface area contributed by atoms with E-state index in [0.29, 0.717) is 6.42 Å². The normalized spacial score (nSPS) is 11.6. The highest BCUT2D eigenvalue weighted by Gasteiger charge is 2.36. The van der Waals surface area contributed by atoms with Crippen LogP contribution in [0.1, 0.15) is 24.5 Å². The molecule has 0 radical (unpaired) electrons. The van der Waals surface area contributed by atoms with Crippen LogP contribution >= 0.6 is 0 Å². The van der Waals surface area contributed by atoms with Crippen molar-refractivity contribution in [2.75, 3.05) is 0 Å². The van der Waals surface area contributed by atoms with E-state index in [0.717, 1.165) is 54.4 Å². The van der Waals surface area contributed by atoms with Gasteiger partial charge in [-0.1, -0.05) is 43.7 Å². The first kappa shape index (κ1) is 25.3. The third-order valence-electron chi connectivity index (χ3n) is 5.62. The van der Waals surface area contributed by atoms with Gasteiger partial charge in [-0.15, -0.1) is 0 Å². The van der Waals surface area contributed by atoms with Gasteiger partial charge in [-0.05, 0) is 65.6 Å². The number of aryl methyl sites for hydroxylation is 1. The minimum atomic E-state index is -3.93. The Balaban J connectivity index is 1.61. The first-order chi connectivity index (χ1) is 17.1. The molecule has 0 N–H and O–H groups in total. The van der Waals surface area contributed by atoms with Crippen molar-refractivity contribution < 1.29 is 35.5 Å². The molecule has 0 spiro atoms. The van der Waals surface area contributed by atoms with Gasteiger partial charge in [-0.3, -0.25) is 0 Å². The maximum atomic E-state index is 14.8. The summed E-state index contributed by atoms with van der Waals surface area (Å²) < 4.78 is 105. The van der Waals surface area contributed by atoms with E-state index < -0.39 is 52.1 Å².